The van der Waals surface area contributed by atoms with Gasteiger partial charge in [0, 0.05) is 13.1 Å². The van der Waals surface area contributed by atoms with E-state index >= 15 is 0 Å². The van der Waals surface area contributed by atoms with Crippen molar-refractivity contribution >= 4 is 17.3 Å². The quantitative estimate of drug-likeness (QED) is 0.786. The summed E-state index contributed by atoms with van der Waals surface area (Å²) in [7, 11) is 0. The number of nitrogens with two attached hydrogens (primary N) is 1. The van der Waals surface area contributed by atoms with Crippen LogP contribution in [0.2, 0.25) is 0 Å². The van der Waals surface area contributed by atoms with E-state index < -0.39 is 5.97 Å². The maximum Gasteiger partial charge on any atom is 0.335 e. The molecule has 0 saturated carbocycles. The molecule has 1 aliphatic rings. The number of aromatic carboxylic acids is 1. The van der Waals surface area contributed by atoms with Gasteiger partial charge in [-0.1, -0.05) is 13.8 Å². The first-order valence-corrected chi connectivity index (χ1v) is 5.87. The van der Waals surface area contributed by atoms with E-state index in [1.165, 1.54) is 6.07 Å². The number of carbonyl (C=O) groups is 1. The first-order chi connectivity index (χ1) is 7.99. The van der Waals surface area contributed by atoms with Gasteiger partial charge in [0.25, 0.3) is 0 Å². The van der Waals surface area contributed by atoms with Crippen molar-refractivity contribution in [2.24, 2.45) is 11.8 Å². The van der Waals surface area contributed by atoms with E-state index in [4.69, 9.17) is 10.8 Å². The van der Waals surface area contributed by atoms with Gasteiger partial charge in [0.2, 0.25) is 0 Å². The van der Waals surface area contributed by atoms with Crippen LogP contribution in [-0.2, 0) is 0 Å². The molecule has 0 aromatic heterocycles. The van der Waals surface area contributed by atoms with Crippen molar-refractivity contribution < 1.29 is 9.90 Å². The molecule has 2 rings (SSSR count). The van der Waals surface area contributed by atoms with Crippen LogP contribution in [0.5, 0.6) is 0 Å². The zero-order valence-electron chi connectivity index (χ0n) is 10.2. The van der Waals surface area contributed by atoms with Gasteiger partial charge in [-0.15, -0.1) is 0 Å². The maximum atomic E-state index is 10.8. The molecule has 1 fully saturated rings. The first-order valence-electron chi connectivity index (χ1n) is 5.87. The molecule has 0 atom stereocenters. The number of benzene rings is 1. The van der Waals surface area contributed by atoms with Gasteiger partial charge in [-0.3, -0.25) is 0 Å². The molecule has 92 valence electrons. The molecule has 17 heavy (non-hydrogen) atoms. The number of nitrogens with zero attached hydrogens (tertiary/aromatic N) is 1. The van der Waals surface area contributed by atoms with E-state index in [0.29, 0.717) is 17.5 Å². The summed E-state index contributed by atoms with van der Waals surface area (Å²) >= 11 is 0. The highest BCUT2D eigenvalue weighted by Gasteiger charge is 2.30. The predicted octanol–water partition coefficient (Wildman–Crippen LogP) is 2.06. The molecule has 4 nitrogen and oxygen atoms in total. The van der Waals surface area contributed by atoms with Gasteiger partial charge in [0.05, 0.1) is 16.9 Å². The van der Waals surface area contributed by atoms with Crippen molar-refractivity contribution in [2.75, 3.05) is 23.7 Å². The topological polar surface area (TPSA) is 66.6 Å². The molecular formula is C13H18N2O2. The van der Waals surface area contributed by atoms with Crippen molar-refractivity contribution in [1.29, 1.82) is 0 Å². The van der Waals surface area contributed by atoms with E-state index in [1.807, 2.05) is 0 Å². The molecule has 1 heterocycles. The molecule has 0 bridgehead atoms. The Bertz CT molecular complexity index is 437. The molecule has 1 aromatic rings. The summed E-state index contributed by atoms with van der Waals surface area (Å²) in [5.74, 6) is 0.464. The van der Waals surface area contributed by atoms with Crippen LogP contribution >= 0.6 is 0 Å². The van der Waals surface area contributed by atoms with Gasteiger partial charge in [0.15, 0.2) is 0 Å². The molecule has 3 N–H and O–H groups in total. The third-order valence-electron chi connectivity index (χ3n) is 3.47. The fourth-order valence-electron chi connectivity index (χ4n) is 2.11. The van der Waals surface area contributed by atoms with Crippen molar-refractivity contribution in [3.05, 3.63) is 23.8 Å². The smallest absolute Gasteiger partial charge is 0.335 e. The summed E-state index contributed by atoms with van der Waals surface area (Å²) in [6.07, 6.45) is 0. The third-order valence-corrected chi connectivity index (χ3v) is 3.47. The second-order valence-electron chi connectivity index (χ2n) is 4.99. The SMILES string of the molecule is CC(C)C1CN(c2ccc(C(=O)O)cc2N)C1. The molecule has 1 aliphatic heterocycles. The fraction of sp³-hybridized carbons (Fsp3) is 0.462. The van der Waals surface area contributed by atoms with E-state index in [0.717, 1.165) is 18.8 Å². The zero-order valence-corrected chi connectivity index (χ0v) is 10.2. The standard InChI is InChI=1S/C13H18N2O2/c1-8(2)10-6-15(7-10)12-4-3-9(13(16)17)5-11(12)14/h3-5,8,10H,6-7,14H2,1-2H3,(H,16,17). The monoisotopic (exact) mass is 234 g/mol. The lowest BCUT2D eigenvalue weighted by Gasteiger charge is -2.43. The zero-order chi connectivity index (χ0) is 12.6. The predicted molar refractivity (Wildman–Crippen MR) is 68.4 cm³/mol. The average Bonchev–Trinajstić information content (AvgIpc) is 2.17. The number of hydrogen-bond acceptors (Lipinski definition) is 3. The Balaban J connectivity index is 2.11. The highest BCUT2D eigenvalue weighted by Crippen LogP contribution is 2.33. The van der Waals surface area contributed by atoms with Crippen molar-refractivity contribution in [1.82, 2.24) is 0 Å². The largest absolute Gasteiger partial charge is 0.478 e. The molecule has 1 aromatic carbocycles. The van der Waals surface area contributed by atoms with Crippen LogP contribution in [0.15, 0.2) is 18.2 Å². The van der Waals surface area contributed by atoms with Gasteiger partial charge >= 0.3 is 5.97 Å². The van der Waals surface area contributed by atoms with Crippen molar-refractivity contribution in [2.45, 2.75) is 13.8 Å². The van der Waals surface area contributed by atoms with Crippen LogP contribution in [-0.4, -0.2) is 24.2 Å². The third kappa shape index (κ3) is 2.20. The highest BCUT2D eigenvalue weighted by atomic mass is 16.4. The van der Waals surface area contributed by atoms with E-state index in [1.54, 1.807) is 12.1 Å². The Hall–Kier alpha value is -1.71. The Morgan fingerprint density at radius 1 is 1.47 bits per heavy atom. The Morgan fingerprint density at radius 2 is 2.12 bits per heavy atom. The van der Waals surface area contributed by atoms with Gasteiger partial charge in [0.1, 0.15) is 0 Å². The first kappa shape index (κ1) is 11.8. The minimum Gasteiger partial charge on any atom is -0.478 e. The lowest BCUT2D eigenvalue weighted by atomic mass is 9.88. The van der Waals surface area contributed by atoms with E-state index in [-0.39, 0.29) is 5.56 Å². The van der Waals surface area contributed by atoms with Gasteiger partial charge in [-0.25, -0.2) is 4.79 Å². The van der Waals surface area contributed by atoms with Gasteiger partial charge < -0.3 is 15.7 Å². The highest BCUT2D eigenvalue weighted by molar-refractivity contribution is 5.90. The van der Waals surface area contributed by atoms with Crippen molar-refractivity contribution in [3.63, 3.8) is 0 Å². The van der Waals surface area contributed by atoms with Crippen LogP contribution in [0.4, 0.5) is 11.4 Å². The second-order valence-corrected chi connectivity index (χ2v) is 4.99. The molecule has 0 amide bonds. The number of carboxylic acid groups (broad SMARTS) is 1. The lowest BCUT2D eigenvalue weighted by Crippen LogP contribution is -2.49. The minimum absolute atomic E-state index is 0.243. The van der Waals surface area contributed by atoms with E-state index in [2.05, 4.69) is 18.7 Å². The lowest BCUT2D eigenvalue weighted by molar-refractivity contribution is 0.0697. The molecular weight excluding hydrogens is 216 g/mol. The van der Waals surface area contributed by atoms with Crippen LogP contribution in [0.1, 0.15) is 24.2 Å². The Labute approximate surface area is 101 Å². The Kier molecular flexibility index (Phi) is 2.96. The average molecular weight is 234 g/mol. The number of hydrogen-bond donors (Lipinski definition) is 2. The fourth-order valence-corrected chi connectivity index (χ4v) is 2.11. The van der Waals surface area contributed by atoms with E-state index in [9.17, 15) is 4.79 Å². The summed E-state index contributed by atoms with van der Waals surface area (Å²) < 4.78 is 0. The number of carboxylic acids is 1. The maximum absolute atomic E-state index is 10.8. The van der Waals surface area contributed by atoms with Crippen molar-refractivity contribution in [3.8, 4) is 0 Å². The Morgan fingerprint density at radius 3 is 2.59 bits per heavy atom. The summed E-state index contributed by atoms with van der Waals surface area (Å²) in [6.45, 7) is 6.46. The number of rotatable bonds is 3. The molecule has 0 aliphatic carbocycles. The number of anilines is 2. The summed E-state index contributed by atoms with van der Waals surface area (Å²) in [6, 6.07) is 4.94. The number of nitrogen functional groups attached to an aromatic ring is 1. The normalized spacial score (nSPS) is 16.1. The van der Waals surface area contributed by atoms with Gasteiger partial charge in [-0.2, -0.15) is 0 Å². The summed E-state index contributed by atoms with van der Waals surface area (Å²) in [4.78, 5) is 13.0. The molecule has 4 heteroatoms. The van der Waals surface area contributed by atoms with Gasteiger partial charge in [-0.05, 0) is 30.0 Å². The van der Waals surface area contributed by atoms with Crippen LogP contribution in [0.25, 0.3) is 0 Å². The van der Waals surface area contributed by atoms with Crippen LogP contribution in [0.3, 0.4) is 0 Å². The minimum atomic E-state index is -0.938. The summed E-state index contributed by atoms with van der Waals surface area (Å²) in [5.41, 5.74) is 7.63. The molecule has 0 spiro atoms. The summed E-state index contributed by atoms with van der Waals surface area (Å²) in [5, 5.41) is 8.86. The molecule has 0 radical (unpaired) electrons. The molecule has 0 unspecified atom stereocenters. The molecule has 1 saturated heterocycles. The second kappa shape index (κ2) is 4.28. The van der Waals surface area contributed by atoms with Crippen LogP contribution < -0.4 is 10.6 Å². The van der Waals surface area contributed by atoms with Crippen LogP contribution in [0, 0.1) is 11.8 Å².